The minimum atomic E-state index is -0.961. The van der Waals surface area contributed by atoms with E-state index in [1.165, 1.54) is 23.1 Å². The Labute approximate surface area is 118 Å². The van der Waals surface area contributed by atoms with Crippen LogP contribution in [0.15, 0.2) is 23.0 Å². The van der Waals surface area contributed by atoms with Crippen LogP contribution in [0.4, 0.5) is 15.1 Å². The predicted molar refractivity (Wildman–Crippen MR) is 74.1 cm³/mol. The van der Waals surface area contributed by atoms with Crippen LogP contribution in [0, 0.1) is 5.82 Å². The van der Waals surface area contributed by atoms with Crippen molar-refractivity contribution < 1.29 is 14.3 Å². The van der Waals surface area contributed by atoms with Gasteiger partial charge in [-0.25, -0.2) is 14.2 Å². The summed E-state index contributed by atoms with van der Waals surface area (Å²) in [5.74, 6) is -0.120. The molecule has 1 amide bonds. The molecule has 7 nitrogen and oxygen atoms in total. The number of nitrogens with one attached hydrogen (secondary N) is 1. The third-order valence-corrected chi connectivity index (χ3v) is 3.51. The molecule has 8 heteroatoms. The molecule has 1 aromatic carbocycles. The SMILES string of the molecule is O=C(O)N1CCN(c2nc3cc(F)ccc3c(=O)[nH]2)CC1. The first-order valence-electron chi connectivity index (χ1n) is 6.47. The summed E-state index contributed by atoms with van der Waals surface area (Å²) in [4.78, 5) is 32.8. The van der Waals surface area contributed by atoms with Crippen LogP contribution in [-0.4, -0.2) is 52.2 Å². The van der Waals surface area contributed by atoms with E-state index in [2.05, 4.69) is 9.97 Å². The predicted octanol–water partition coefficient (Wildman–Crippen LogP) is 0.862. The lowest BCUT2D eigenvalue weighted by atomic mass is 10.2. The van der Waals surface area contributed by atoms with Crippen LogP contribution >= 0.6 is 0 Å². The Morgan fingerprint density at radius 2 is 2.00 bits per heavy atom. The molecule has 110 valence electrons. The number of aromatic nitrogens is 2. The van der Waals surface area contributed by atoms with Crippen molar-refractivity contribution in [1.29, 1.82) is 0 Å². The van der Waals surface area contributed by atoms with E-state index >= 15 is 0 Å². The highest BCUT2D eigenvalue weighted by molar-refractivity contribution is 5.78. The lowest BCUT2D eigenvalue weighted by Gasteiger charge is -2.33. The standard InChI is InChI=1S/C13H13FN4O3/c14-8-1-2-9-10(7-8)15-12(16-11(9)19)17-3-5-18(6-4-17)13(20)21/h1-2,7H,3-6H2,(H,20,21)(H,15,16,19). The van der Waals surface area contributed by atoms with Crippen molar-refractivity contribution in [3.63, 3.8) is 0 Å². The van der Waals surface area contributed by atoms with Gasteiger partial charge in [0.2, 0.25) is 5.95 Å². The molecule has 3 rings (SSSR count). The van der Waals surface area contributed by atoms with Crippen molar-refractivity contribution in [2.75, 3.05) is 31.1 Å². The second kappa shape index (κ2) is 5.04. The average Bonchev–Trinajstić information content (AvgIpc) is 2.46. The molecule has 2 heterocycles. The molecule has 0 radical (unpaired) electrons. The normalized spacial score (nSPS) is 15.5. The fourth-order valence-electron chi connectivity index (χ4n) is 2.36. The Bertz CT molecular complexity index is 753. The number of rotatable bonds is 1. The summed E-state index contributed by atoms with van der Waals surface area (Å²) in [6.45, 7) is 1.52. The molecule has 0 spiro atoms. The Hall–Kier alpha value is -2.64. The second-order valence-corrected chi connectivity index (χ2v) is 4.81. The van der Waals surface area contributed by atoms with Gasteiger partial charge in [-0.3, -0.25) is 9.78 Å². The first-order chi connectivity index (χ1) is 10.0. The van der Waals surface area contributed by atoms with Gasteiger partial charge in [-0.2, -0.15) is 0 Å². The first-order valence-corrected chi connectivity index (χ1v) is 6.47. The number of benzene rings is 1. The monoisotopic (exact) mass is 292 g/mol. The number of hydrogen-bond donors (Lipinski definition) is 2. The first kappa shape index (κ1) is 13.3. The molecule has 21 heavy (non-hydrogen) atoms. The van der Waals surface area contributed by atoms with Crippen molar-refractivity contribution in [2.24, 2.45) is 0 Å². The van der Waals surface area contributed by atoms with Crippen LogP contribution < -0.4 is 10.5 Å². The molecule has 1 aromatic heterocycles. The zero-order chi connectivity index (χ0) is 15.0. The van der Waals surface area contributed by atoms with Crippen LogP contribution in [-0.2, 0) is 0 Å². The molecule has 0 atom stereocenters. The summed E-state index contributed by atoms with van der Waals surface area (Å²) < 4.78 is 13.2. The summed E-state index contributed by atoms with van der Waals surface area (Å²) in [5.41, 5.74) is -0.0509. The number of aromatic amines is 1. The molecule has 1 aliphatic rings. The number of carboxylic acid groups (broad SMARTS) is 1. The van der Waals surface area contributed by atoms with Gasteiger partial charge in [-0.05, 0) is 12.1 Å². The lowest BCUT2D eigenvalue weighted by molar-refractivity contribution is 0.142. The average molecular weight is 292 g/mol. The maximum Gasteiger partial charge on any atom is 0.407 e. The van der Waals surface area contributed by atoms with E-state index in [0.29, 0.717) is 37.5 Å². The smallest absolute Gasteiger partial charge is 0.407 e. The molecule has 0 aliphatic carbocycles. The summed E-state index contributed by atoms with van der Waals surface area (Å²) in [6.07, 6.45) is -0.961. The van der Waals surface area contributed by atoms with E-state index in [1.54, 1.807) is 4.90 Å². The third-order valence-electron chi connectivity index (χ3n) is 3.51. The third kappa shape index (κ3) is 2.51. The zero-order valence-electron chi connectivity index (χ0n) is 11.0. The molecular formula is C13H13FN4O3. The van der Waals surface area contributed by atoms with Crippen molar-refractivity contribution in [3.8, 4) is 0 Å². The van der Waals surface area contributed by atoms with Gasteiger partial charge in [-0.1, -0.05) is 0 Å². The fraction of sp³-hybridized carbons (Fsp3) is 0.308. The molecule has 2 N–H and O–H groups in total. The topological polar surface area (TPSA) is 89.5 Å². The minimum absolute atomic E-state index is 0.286. The highest BCUT2D eigenvalue weighted by Gasteiger charge is 2.22. The van der Waals surface area contributed by atoms with E-state index in [-0.39, 0.29) is 11.1 Å². The highest BCUT2D eigenvalue weighted by atomic mass is 19.1. The molecule has 2 aromatic rings. The molecule has 1 aliphatic heterocycles. The molecule has 1 fully saturated rings. The second-order valence-electron chi connectivity index (χ2n) is 4.81. The van der Waals surface area contributed by atoms with Crippen LogP contribution in [0.3, 0.4) is 0 Å². The maximum atomic E-state index is 13.2. The van der Waals surface area contributed by atoms with Gasteiger partial charge in [0.1, 0.15) is 5.82 Å². The van der Waals surface area contributed by atoms with E-state index in [4.69, 9.17) is 5.11 Å². The van der Waals surface area contributed by atoms with E-state index in [1.807, 2.05) is 0 Å². The van der Waals surface area contributed by atoms with E-state index in [0.717, 1.165) is 0 Å². The number of amides is 1. The van der Waals surface area contributed by atoms with Gasteiger partial charge in [0.15, 0.2) is 0 Å². The fourth-order valence-corrected chi connectivity index (χ4v) is 2.36. The Morgan fingerprint density at radius 3 is 2.67 bits per heavy atom. The summed E-state index contributed by atoms with van der Waals surface area (Å²) >= 11 is 0. The van der Waals surface area contributed by atoms with Crippen molar-refractivity contribution >= 4 is 22.9 Å². The number of halogens is 1. The van der Waals surface area contributed by atoms with Gasteiger partial charge in [0.25, 0.3) is 5.56 Å². The van der Waals surface area contributed by atoms with Gasteiger partial charge < -0.3 is 14.9 Å². The van der Waals surface area contributed by atoms with Crippen molar-refractivity contribution in [1.82, 2.24) is 14.9 Å². The number of nitrogens with zero attached hydrogens (tertiary/aromatic N) is 3. The zero-order valence-corrected chi connectivity index (χ0v) is 11.0. The molecule has 1 saturated heterocycles. The van der Waals surface area contributed by atoms with Gasteiger partial charge in [-0.15, -0.1) is 0 Å². The summed E-state index contributed by atoms with van der Waals surface area (Å²) in [6, 6.07) is 3.81. The number of carbonyl (C=O) groups is 1. The Morgan fingerprint density at radius 1 is 1.29 bits per heavy atom. The van der Waals surface area contributed by atoms with Crippen LogP contribution in [0.1, 0.15) is 0 Å². The Kier molecular flexibility index (Phi) is 3.20. The summed E-state index contributed by atoms with van der Waals surface area (Å²) in [7, 11) is 0. The molecular weight excluding hydrogens is 279 g/mol. The van der Waals surface area contributed by atoms with Crippen LogP contribution in [0.5, 0.6) is 0 Å². The lowest BCUT2D eigenvalue weighted by Crippen LogP contribution is -2.49. The number of fused-ring (bicyclic) bond motifs is 1. The van der Waals surface area contributed by atoms with Crippen LogP contribution in [0.2, 0.25) is 0 Å². The summed E-state index contributed by atoms with van der Waals surface area (Å²) in [5, 5.41) is 9.23. The molecule has 0 saturated carbocycles. The van der Waals surface area contributed by atoms with Crippen molar-refractivity contribution in [3.05, 3.63) is 34.4 Å². The molecule has 0 bridgehead atoms. The quantitative estimate of drug-likeness (QED) is 0.813. The van der Waals surface area contributed by atoms with E-state index in [9.17, 15) is 14.0 Å². The number of piperazine rings is 1. The van der Waals surface area contributed by atoms with E-state index < -0.39 is 11.9 Å². The largest absolute Gasteiger partial charge is 0.465 e. The highest BCUT2D eigenvalue weighted by Crippen LogP contribution is 2.15. The number of anilines is 1. The number of hydrogen-bond acceptors (Lipinski definition) is 4. The molecule has 0 unspecified atom stereocenters. The van der Waals surface area contributed by atoms with Gasteiger partial charge in [0.05, 0.1) is 10.9 Å². The van der Waals surface area contributed by atoms with Gasteiger partial charge >= 0.3 is 6.09 Å². The van der Waals surface area contributed by atoms with Gasteiger partial charge in [0, 0.05) is 32.2 Å². The van der Waals surface area contributed by atoms with Crippen molar-refractivity contribution in [2.45, 2.75) is 0 Å². The van der Waals surface area contributed by atoms with Crippen LogP contribution in [0.25, 0.3) is 10.9 Å². The number of H-pyrrole nitrogens is 1. The minimum Gasteiger partial charge on any atom is -0.465 e. The Balaban J connectivity index is 1.91. The maximum absolute atomic E-state index is 13.2.